The Morgan fingerprint density at radius 1 is 1.00 bits per heavy atom. The summed E-state index contributed by atoms with van der Waals surface area (Å²) in [5, 5.41) is 2.69. The van der Waals surface area contributed by atoms with Crippen LogP contribution in [0.3, 0.4) is 0 Å². The van der Waals surface area contributed by atoms with Gasteiger partial charge in [0.25, 0.3) is 0 Å². The van der Waals surface area contributed by atoms with Gasteiger partial charge in [0.2, 0.25) is 5.91 Å². The van der Waals surface area contributed by atoms with Crippen LogP contribution in [0, 0.1) is 0 Å². The van der Waals surface area contributed by atoms with Gasteiger partial charge in [0.1, 0.15) is 12.3 Å². The zero-order chi connectivity index (χ0) is 20.1. The number of para-hydroxylation sites is 1. The highest BCUT2D eigenvalue weighted by molar-refractivity contribution is 9.10. The van der Waals surface area contributed by atoms with E-state index in [0.717, 1.165) is 14.6 Å². The Balaban J connectivity index is 1.76. The van der Waals surface area contributed by atoms with Gasteiger partial charge in [-0.1, -0.05) is 34.1 Å². The highest BCUT2D eigenvalue weighted by Gasteiger charge is 2.11. The van der Waals surface area contributed by atoms with Crippen LogP contribution in [0.1, 0.15) is 5.56 Å². The summed E-state index contributed by atoms with van der Waals surface area (Å²) < 4.78 is 8.55. The topological polar surface area (TPSA) is 82.3 Å². The second-order valence-electron chi connectivity index (χ2n) is 6.03. The maximum Gasteiger partial charge on any atom is 0.316 e. The van der Waals surface area contributed by atoms with Gasteiger partial charge in [-0.15, -0.1) is 0 Å². The summed E-state index contributed by atoms with van der Waals surface area (Å²) in [5.74, 6) is 0.235. The van der Waals surface area contributed by atoms with Crippen LogP contribution in [0.5, 0.6) is 5.75 Å². The lowest BCUT2D eigenvalue weighted by atomic mass is 10.2. The van der Waals surface area contributed by atoms with E-state index in [2.05, 4.69) is 21.2 Å². The summed E-state index contributed by atoms with van der Waals surface area (Å²) in [6.45, 7) is -0.0519. The molecule has 0 atom stereocenters. The fourth-order valence-electron chi connectivity index (χ4n) is 2.70. The smallest absolute Gasteiger partial charge is 0.316 e. The van der Waals surface area contributed by atoms with Crippen molar-refractivity contribution in [1.29, 1.82) is 0 Å². The molecular formula is C20H18BrN3O4. The fraction of sp³-hybridized carbons (Fsp3) is 0.150. The first-order valence-electron chi connectivity index (χ1n) is 8.45. The second kappa shape index (κ2) is 8.71. The lowest BCUT2D eigenvalue weighted by molar-refractivity contribution is -0.116. The van der Waals surface area contributed by atoms with Gasteiger partial charge < -0.3 is 14.6 Å². The normalized spacial score (nSPS) is 10.5. The van der Waals surface area contributed by atoms with E-state index in [1.807, 2.05) is 18.2 Å². The third-order valence-corrected chi connectivity index (χ3v) is 4.64. The van der Waals surface area contributed by atoms with E-state index in [0.29, 0.717) is 11.4 Å². The lowest BCUT2D eigenvalue weighted by Gasteiger charge is -2.11. The van der Waals surface area contributed by atoms with Crippen molar-refractivity contribution in [2.75, 3.05) is 12.4 Å². The van der Waals surface area contributed by atoms with E-state index in [4.69, 9.17) is 4.74 Å². The molecular weight excluding hydrogens is 426 g/mol. The van der Waals surface area contributed by atoms with Gasteiger partial charge in [-0.3, -0.25) is 19.0 Å². The molecule has 2 aromatic carbocycles. The number of amides is 1. The van der Waals surface area contributed by atoms with Crippen molar-refractivity contribution in [3.05, 3.63) is 91.7 Å². The third-order valence-electron chi connectivity index (χ3n) is 4.11. The molecule has 28 heavy (non-hydrogen) atoms. The minimum atomic E-state index is -0.761. The van der Waals surface area contributed by atoms with Crippen LogP contribution in [0.25, 0.3) is 0 Å². The van der Waals surface area contributed by atoms with E-state index in [1.165, 1.54) is 17.0 Å². The molecule has 3 rings (SSSR count). The molecule has 144 valence electrons. The Bertz CT molecular complexity index is 1100. The molecule has 1 heterocycles. The van der Waals surface area contributed by atoms with Crippen molar-refractivity contribution in [3.8, 4) is 5.75 Å². The van der Waals surface area contributed by atoms with Crippen molar-refractivity contribution in [2.45, 2.75) is 13.1 Å². The Labute approximate surface area is 169 Å². The van der Waals surface area contributed by atoms with Crippen molar-refractivity contribution in [1.82, 2.24) is 9.13 Å². The van der Waals surface area contributed by atoms with Crippen molar-refractivity contribution in [3.63, 3.8) is 0 Å². The highest BCUT2D eigenvalue weighted by atomic mass is 79.9. The molecule has 0 aliphatic heterocycles. The summed E-state index contributed by atoms with van der Waals surface area (Å²) in [4.78, 5) is 37.0. The zero-order valence-electron chi connectivity index (χ0n) is 15.1. The van der Waals surface area contributed by atoms with Crippen LogP contribution >= 0.6 is 15.9 Å². The predicted molar refractivity (Wildman–Crippen MR) is 110 cm³/mol. The molecule has 0 unspecified atom stereocenters. The van der Waals surface area contributed by atoms with E-state index in [-0.39, 0.29) is 13.1 Å². The zero-order valence-corrected chi connectivity index (χ0v) is 16.7. The molecule has 7 nitrogen and oxygen atoms in total. The number of nitrogens with one attached hydrogen (secondary N) is 1. The number of benzene rings is 2. The van der Waals surface area contributed by atoms with E-state index in [9.17, 15) is 14.4 Å². The summed E-state index contributed by atoms with van der Waals surface area (Å²) in [5.41, 5.74) is -0.0869. The average molecular weight is 444 g/mol. The molecule has 0 spiro atoms. The molecule has 0 saturated carbocycles. The molecule has 0 radical (unpaired) electrons. The average Bonchev–Trinajstić information content (AvgIpc) is 2.70. The highest BCUT2D eigenvalue weighted by Crippen LogP contribution is 2.17. The molecule has 0 saturated heterocycles. The number of ether oxygens (including phenoxy) is 1. The van der Waals surface area contributed by atoms with Crippen LogP contribution in [-0.2, 0) is 17.9 Å². The van der Waals surface area contributed by atoms with Crippen LogP contribution in [0.2, 0.25) is 0 Å². The van der Waals surface area contributed by atoms with Gasteiger partial charge in [0.05, 0.1) is 13.7 Å². The molecule has 1 N–H and O–H groups in total. The molecule has 0 fully saturated rings. The SMILES string of the molecule is COc1ccccc1Cn1ccn(CC(=O)Nc2ccc(Br)cc2)c(=O)c1=O. The number of hydrogen-bond acceptors (Lipinski definition) is 4. The summed E-state index contributed by atoms with van der Waals surface area (Å²) >= 11 is 3.32. The van der Waals surface area contributed by atoms with Crippen LogP contribution < -0.4 is 21.2 Å². The van der Waals surface area contributed by atoms with Crippen LogP contribution in [0.15, 0.2) is 75.0 Å². The van der Waals surface area contributed by atoms with Crippen molar-refractivity contribution < 1.29 is 9.53 Å². The fourth-order valence-corrected chi connectivity index (χ4v) is 2.96. The van der Waals surface area contributed by atoms with E-state index >= 15 is 0 Å². The lowest BCUT2D eigenvalue weighted by Crippen LogP contribution is -2.42. The first-order valence-corrected chi connectivity index (χ1v) is 9.24. The monoisotopic (exact) mass is 443 g/mol. The number of rotatable bonds is 6. The van der Waals surface area contributed by atoms with Crippen molar-refractivity contribution in [2.24, 2.45) is 0 Å². The minimum Gasteiger partial charge on any atom is -0.496 e. The van der Waals surface area contributed by atoms with Gasteiger partial charge in [-0.25, -0.2) is 0 Å². The summed E-state index contributed by atoms with van der Waals surface area (Å²) in [7, 11) is 1.55. The van der Waals surface area contributed by atoms with E-state index in [1.54, 1.807) is 37.4 Å². The first kappa shape index (κ1) is 19.6. The molecule has 0 bridgehead atoms. The maximum atomic E-state index is 12.4. The van der Waals surface area contributed by atoms with Gasteiger partial charge in [0, 0.05) is 28.1 Å². The van der Waals surface area contributed by atoms with Gasteiger partial charge in [0.15, 0.2) is 0 Å². The Hall–Kier alpha value is -3.13. The van der Waals surface area contributed by atoms with Crippen LogP contribution in [0.4, 0.5) is 5.69 Å². The molecule has 1 amide bonds. The maximum absolute atomic E-state index is 12.4. The number of anilines is 1. The van der Waals surface area contributed by atoms with Crippen LogP contribution in [-0.4, -0.2) is 22.2 Å². The molecule has 0 aliphatic rings. The molecule has 3 aromatic rings. The number of carbonyl (C=O) groups is 1. The van der Waals surface area contributed by atoms with Crippen molar-refractivity contribution >= 4 is 27.5 Å². The Morgan fingerprint density at radius 3 is 2.36 bits per heavy atom. The van der Waals surface area contributed by atoms with Gasteiger partial charge >= 0.3 is 11.1 Å². The number of halogens is 1. The number of aromatic nitrogens is 2. The summed E-state index contributed by atoms with van der Waals surface area (Å²) in [6, 6.07) is 14.3. The largest absolute Gasteiger partial charge is 0.496 e. The van der Waals surface area contributed by atoms with E-state index < -0.39 is 17.0 Å². The second-order valence-corrected chi connectivity index (χ2v) is 6.95. The predicted octanol–water partition coefficient (Wildman–Crippen LogP) is 2.47. The number of nitrogens with zero attached hydrogens (tertiary/aromatic N) is 2. The third kappa shape index (κ3) is 4.58. The van der Waals surface area contributed by atoms with Gasteiger partial charge in [-0.2, -0.15) is 0 Å². The molecule has 1 aromatic heterocycles. The number of methoxy groups -OCH3 is 1. The minimum absolute atomic E-state index is 0.198. The number of hydrogen-bond donors (Lipinski definition) is 1. The summed E-state index contributed by atoms with van der Waals surface area (Å²) in [6.07, 6.45) is 2.92. The molecule has 8 heteroatoms. The number of carbonyl (C=O) groups excluding carboxylic acids is 1. The first-order chi connectivity index (χ1) is 13.5. The van der Waals surface area contributed by atoms with Gasteiger partial charge in [-0.05, 0) is 30.3 Å². The molecule has 0 aliphatic carbocycles. The quantitative estimate of drug-likeness (QED) is 0.593. The Morgan fingerprint density at radius 2 is 1.64 bits per heavy atom. The standard InChI is InChI=1S/C20H18BrN3O4/c1-28-17-5-3-2-4-14(17)12-23-10-11-24(20(27)19(23)26)13-18(25)22-16-8-6-15(21)7-9-16/h2-11H,12-13H2,1H3,(H,22,25). The Kier molecular flexibility index (Phi) is 6.10.